The summed E-state index contributed by atoms with van der Waals surface area (Å²) in [5.74, 6) is 0.646. The fraction of sp³-hybridized carbons (Fsp3) is 0.278. The molecule has 21 heavy (non-hydrogen) atoms. The third-order valence-electron chi connectivity index (χ3n) is 3.13. The summed E-state index contributed by atoms with van der Waals surface area (Å²) in [5.41, 5.74) is 1.41. The standard InChI is InChI=1S/C18H20O3/c1-3-20-16-13-9-8-12-15(16)18(21-4-2)17(19)14-10-6-5-7-11-14/h5-13,18H,3-4H2,1-2H3. The number of rotatable bonds is 7. The van der Waals surface area contributed by atoms with E-state index in [1.165, 1.54) is 0 Å². The van der Waals surface area contributed by atoms with Crippen molar-refractivity contribution in [2.75, 3.05) is 13.2 Å². The van der Waals surface area contributed by atoms with E-state index in [-0.39, 0.29) is 5.78 Å². The van der Waals surface area contributed by atoms with E-state index in [1.54, 1.807) is 12.1 Å². The predicted octanol–water partition coefficient (Wildman–Crippen LogP) is 4.05. The molecule has 3 heteroatoms. The molecule has 110 valence electrons. The average Bonchev–Trinajstić information content (AvgIpc) is 2.54. The summed E-state index contributed by atoms with van der Waals surface area (Å²) in [7, 11) is 0. The van der Waals surface area contributed by atoms with E-state index in [0.29, 0.717) is 24.5 Å². The van der Waals surface area contributed by atoms with Crippen LogP contribution in [-0.4, -0.2) is 19.0 Å². The molecule has 0 bridgehead atoms. The molecule has 3 nitrogen and oxygen atoms in total. The van der Waals surface area contributed by atoms with Crippen molar-refractivity contribution in [3.8, 4) is 5.75 Å². The van der Waals surface area contributed by atoms with Crippen LogP contribution in [0.1, 0.15) is 35.9 Å². The number of hydrogen-bond acceptors (Lipinski definition) is 3. The Balaban J connectivity index is 2.37. The van der Waals surface area contributed by atoms with Crippen molar-refractivity contribution in [2.24, 2.45) is 0 Å². The molecular formula is C18H20O3. The minimum atomic E-state index is -0.639. The first-order valence-electron chi connectivity index (χ1n) is 7.20. The highest BCUT2D eigenvalue weighted by Crippen LogP contribution is 2.30. The zero-order valence-electron chi connectivity index (χ0n) is 12.4. The highest BCUT2D eigenvalue weighted by Gasteiger charge is 2.25. The van der Waals surface area contributed by atoms with E-state index >= 15 is 0 Å². The first kappa shape index (κ1) is 15.3. The highest BCUT2D eigenvalue weighted by molar-refractivity contribution is 6.00. The van der Waals surface area contributed by atoms with Gasteiger partial charge < -0.3 is 9.47 Å². The van der Waals surface area contributed by atoms with Gasteiger partial charge in [-0.15, -0.1) is 0 Å². The monoisotopic (exact) mass is 284 g/mol. The van der Waals surface area contributed by atoms with E-state index in [1.807, 2.05) is 56.3 Å². The molecule has 2 rings (SSSR count). The van der Waals surface area contributed by atoms with Crippen LogP contribution in [0, 0.1) is 0 Å². The molecule has 1 unspecified atom stereocenters. The molecule has 0 aliphatic carbocycles. The average molecular weight is 284 g/mol. The van der Waals surface area contributed by atoms with Crippen LogP contribution in [0.25, 0.3) is 0 Å². The third-order valence-corrected chi connectivity index (χ3v) is 3.13. The zero-order chi connectivity index (χ0) is 15.1. The maximum atomic E-state index is 12.7. The minimum Gasteiger partial charge on any atom is -0.493 e. The lowest BCUT2D eigenvalue weighted by Gasteiger charge is -2.19. The van der Waals surface area contributed by atoms with Crippen molar-refractivity contribution in [3.63, 3.8) is 0 Å². The molecule has 0 N–H and O–H groups in total. The van der Waals surface area contributed by atoms with Gasteiger partial charge in [-0.2, -0.15) is 0 Å². The fourth-order valence-corrected chi connectivity index (χ4v) is 2.21. The summed E-state index contributed by atoms with van der Waals surface area (Å²) in [4.78, 5) is 12.7. The number of carbonyl (C=O) groups excluding carboxylic acids is 1. The van der Waals surface area contributed by atoms with Gasteiger partial charge in [0.2, 0.25) is 0 Å². The number of Topliss-reactive ketones (excluding diaryl/α,β-unsaturated/α-hetero) is 1. The molecule has 0 spiro atoms. The number of ether oxygens (including phenoxy) is 2. The summed E-state index contributed by atoms with van der Waals surface area (Å²) >= 11 is 0. The Bertz CT molecular complexity index is 578. The first-order valence-corrected chi connectivity index (χ1v) is 7.20. The molecule has 2 aromatic rings. The molecule has 2 aromatic carbocycles. The fourth-order valence-electron chi connectivity index (χ4n) is 2.21. The van der Waals surface area contributed by atoms with Crippen LogP contribution in [0.3, 0.4) is 0 Å². The van der Waals surface area contributed by atoms with Gasteiger partial charge in [0.1, 0.15) is 11.9 Å². The Morgan fingerprint density at radius 2 is 1.62 bits per heavy atom. The molecule has 0 heterocycles. The smallest absolute Gasteiger partial charge is 0.196 e. The van der Waals surface area contributed by atoms with Gasteiger partial charge in [-0.3, -0.25) is 4.79 Å². The predicted molar refractivity (Wildman–Crippen MR) is 82.8 cm³/mol. The molecule has 0 fully saturated rings. The molecule has 0 aliphatic rings. The van der Waals surface area contributed by atoms with E-state index < -0.39 is 6.10 Å². The van der Waals surface area contributed by atoms with Crippen LogP contribution in [0.4, 0.5) is 0 Å². The van der Waals surface area contributed by atoms with Crippen LogP contribution < -0.4 is 4.74 Å². The molecule has 0 radical (unpaired) electrons. The van der Waals surface area contributed by atoms with Gasteiger partial charge in [-0.25, -0.2) is 0 Å². The second-order valence-corrected chi connectivity index (χ2v) is 4.54. The maximum absolute atomic E-state index is 12.7. The number of hydrogen-bond donors (Lipinski definition) is 0. The van der Waals surface area contributed by atoms with Gasteiger partial charge in [-0.1, -0.05) is 48.5 Å². The SMILES string of the molecule is CCOc1ccccc1C(OCC)C(=O)c1ccccc1. The molecule has 0 aliphatic heterocycles. The summed E-state index contributed by atoms with van der Waals surface area (Å²) in [6.07, 6.45) is -0.639. The van der Waals surface area contributed by atoms with Crippen LogP contribution in [-0.2, 0) is 4.74 Å². The quantitative estimate of drug-likeness (QED) is 0.720. The Morgan fingerprint density at radius 1 is 0.952 bits per heavy atom. The number of ketones is 1. The summed E-state index contributed by atoms with van der Waals surface area (Å²) in [5, 5.41) is 0. The molecule has 1 atom stereocenters. The normalized spacial score (nSPS) is 11.9. The minimum absolute atomic E-state index is 0.0513. The lowest BCUT2D eigenvalue weighted by atomic mass is 9.99. The van der Waals surface area contributed by atoms with Gasteiger partial charge in [-0.05, 0) is 19.9 Å². The lowest BCUT2D eigenvalue weighted by Crippen LogP contribution is -2.17. The molecule has 0 saturated heterocycles. The molecule has 0 saturated carbocycles. The number of para-hydroxylation sites is 1. The Hall–Kier alpha value is -2.13. The molecule has 0 aromatic heterocycles. The summed E-state index contributed by atoms with van der Waals surface area (Å²) < 4.78 is 11.3. The first-order chi connectivity index (χ1) is 10.3. The van der Waals surface area contributed by atoms with Gasteiger partial charge in [0, 0.05) is 17.7 Å². The lowest BCUT2D eigenvalue weighted by molar-refractivity contribution is 0.0441. The van der Waals surface area contributed by atoms with Gasteiger partial charge in [0.05, 0.1) is 6.61 Å². The van der Waals surface area contributed by atoms with Crippen molar-refractivity contribution in [2.45, 2.75) is 20.0 Å². The topological polar surface area (TPSA) is 35.5 Å². The second-order valence-electron chi connectivity index (χ2n) is 4.54. The zero-order valence-corrected chi connectivity index (χ0v) is 12.4. The largest absolute Gasteiger partial charge is 0.493 e. The highest BCUT2D eigenvalue weighted by atomic mass is 16.5. The third kappa shape index (κ3) is 3.70. The van der Waals surface area contributed by atoms with Crippen LogP contribution in [0.5, 0.6) is 5.75 Å². The van der Waals surface area contributed by atoms with Gasteiger partial charge >= 0.3 is 0 Å². The van der Waals surface area contributed by atoms with Crippen molar-refractivity contribution < 1.29 is 14.3 Å². The summed E-state index contributed by atoms with van der Waals surface area (Å²) in [6.45, 7) is 4.82. The second kappa shape index (κ2) is 7.60. The van der Waals surface area contributed by atoms with Gasteiger partial charge in [0.25, 0.3) is 0 Å². The Kier molecular flexibility index (Phi) is 5.52. The van der Waals surface area contributed by atoms with Crippen LogP contribution >= 0.6 is 0 Å². The van der Waals surface area contributed by atoms with E-state index in [4.69, 9.17) is 9.47 Å². The van der Waals surface area contributed by atoms with Crippen LogP contribution in [0.15, 0.2) is 54.6 Å². The maximum Gasteiger partial charge on any atom is 0.196 e. The number of benzene rings is 2. The van der Waals surface area contributed by atoms with Crippen molar-refractivity contribution in [1.82, 2.24) is 0 Å². The van der Waals surface area contributed by atoms with Crippen molar-refractivity contribution >= 4 is 5.78 Å². The Morgan fingerprint density at radius 3 is 2.29 bits per heavy atom. The number of carbonyl (C=O) groups is 1. The van der Waals surface area contributed by atoms with E-state index in [9.17, 15) is 4.79 Å². The van der Waals surface area contributed by atoms with Crippen molar-refractivity contribution in [1.29, 1.82) is 0 Å². The molecule has 0 amide bonds. The van der Waals surface area contributed by atoms with Crippen molar-refractivity contribution in [3.05, 3.63) is 65.7 Å². The molecular weight excluding hydrogens is 264 g/mol. The van der Waals surface area contributed by atoms with Gasteiger partial charge in [0.15, 0.2) is 5.78 Å². The van der Waals surface area contributed by atoms with E-state index in [2.05, 4.69) is 0 Å². The Labute approximate surface area is 125 Å². The van der Waals surface area contributed by atoms with Crippen LogP contribution in [0.2, 0.25) is 0 Å². The summed E-state index contributed by atoms with van der Waals surface area (Å²) in [6, 6.07) is 16.7. The van der Waals surface area contributed by atoms with E-state index in [0.717, 1.165) is 5.56 Å².